The van der Waals surface area contributed by atoms with Crippen molar-refractivity contribution >= 4 is 23.1 Å². The van der Waals surface area contributed by atoms with Crippen LogP contribution in [0.3, 0.4) is 0 Å². The van der Waals surface area contributed by atoms with Crippen LogP contribution in [0.4, 0.5) is 17.2 Å². The molecule has 1 amide bonds. The maximum atomic E-state index is 12.8. The lowest BCUT2D eigenvalue weighted by Crippen LogP contribution is -2.14. The Hall–Kier alpha value is -4.98. The fourth-order valence-corrected chi connectivity index (χ4v) is 3.45. The molecule has 0 saturated heterocycles. The highest BCUT2D eigenvalue weighted by Gasteiger charge is 2.14. The Morgan fingerprint density at radius 1 is 0.857 bits per heavy atom. The van der Waals surface area contributed by atoms with Gasteiger partial charge in [0.2, 0.25) is 0 Å². The summed E-state index contributed by atoms with van der Waals surface area (Å²) in [5.41, 5.74) is 2.58. The summed E-state index contributed by atoms with van der Waals surface area (Å²) in [6.07, 6.45) is 3.27. The lowest BCUT2D eigenvalue weighted by Gasteiger charge is -2.11. The molecule has 3 aromatic carbocycles. The van der Waals surface area contributed by atoms with Crippen molar-refractivity contribution < 1.29 is 9.53 Å². The fraction of sp³-hybridized carbons (Fsp3) is 0.0370. The summed E-state index contributed by atoms with van der Waals surface area (Å²) in [5, 5.41) is 14.2. The smallest absolute Gasteiger partial charge is 0.277 e. The van der Waals surface area contributed by atoms with Crippen molar-refractivity contribution in [3.63, 3.8) is 0 Å². The van der Waals surface area contributed by atoms with Crippen LogP contribution in [0.1, 0.15) is 16.1 Å². The highest BCUT2D eigenvalue weighted by atomic mass is 16.5. The van der Waals surface area contributed by atoms with Gasteiger partial charge in [0.05, 0.1) is 18.4 Å². The first kappa shape index (κ1) is 21.8. The fourth-order valence-electron chi connectivity index (χ4n) is 3.45. The molecule has 5 rings (SSSR count). The monoisotopic (exact) mass is 462 g/mol. The van der Waals surface area contributed by atoms with E-state index in [4.69, 9.17) is 4.74 Å². The van der Waals surface area contributed by atoms with Crippen molar-refractivity contribution in [3.05, 3.63) is 121 Å². The molecule has 8 heteroatoms. The van der Waals surface area contributed by atoms with Gasteiger partial charge in [0.15, 0.2) is 11.5 Å². The van der Waals surface area contributed by atoms with E-state index < -0.39 is 0 Å². The maximum Gasteiger partial charge on any atom is 0.277 e. The van der Waals surface area contributed by atoms with E-state index in [9.17, 15) is 4.79 Å². The summed E-state index contributed by atoms with van der Waals surface area (Å²) >= 11 is 0. The van der Waals surface area contributed by atoms with Crippen LogP contribution in [0.15, 0.2) is 109 Å². The largest absolute Gasteiger partial charge is 0.457 e. The standard InChI is InChI=1S/C27H22N6O2/c34-27(30-24-15-8-16-28-26(24)29-21-10-3-1-4-11-21)25-19-33(32-31-25)18-20-9-7-14-23(17-20)35-22-12-5-2-6-13-22/h1-17,19H,18H2,(H,28,29)(H,30,34). The average Bonchev–Trinajstić information content (AvgIpc) is 3.35. The van der Waals surface area contributed by atoms with Crippen LogP contribution in [0.5, 0.6) is 11.5 Å². The summed E-state index contributed by atoms with van der Waals surface area (Å²) in [6, 6.07) is 30.5. The Kier molecular flexibility index (Phi) is 6.43. The predicted molar refractivity (Wildman–Crippen MR) is 134 cm³/mol. The maximum absolute atomic E-state index is 12.8. The zero-order valence-electron chi connectivity index (χ0n) is 18.7. The van der Waals surface area contributed by atoms with Gasteiger partial charge in [-0.15, -0.1) is 5.10 Å². The van der Waals surface area contributed by atoms with Crippen LogP contribution < -0.4 is 15.4 Å². The SMILES string of the molecule is O=C(Nc1cccnc1Nc1ccccc1)c1cn(Cc2cccc(Oc3ccccc3)c2)nn1. The minimum atomic E-state index is -0.374. The topological polar surface area (TPSA) is 94.0 Å². The Morgan fingerprint density at radius 3 is 2.46 bits per heavy atom. The number of hydrogen-bond donors (Lipinski definition) is 2. The molecule has 35 heavy (non-hydrogen) atoms. The van der Waals surface area contributed by atoms with Crippen LogP contribution in [-0.2, 0) is 6.54 Å². The number of anilines is 3. The second-order valence-electron chi connectivity index (χ2n) is 7.71. The third-order valence-corrected chi connectivity index (χ3v) is 5.09. The molecule has 2 aromatic heterocycles. The zero-order valence-corrected chi connectivity index (χ0v) is 18.7. The quantitative estimate of drug-likeness (QED) is 0.316. The molecule has 0 aliphatic carbocycles. The first-order chi connectivity index (χ1) is 17.2. The number of nitrogens with zero attached hydrogens (tertiary/aromatic N) is 4. The molecule has 0 aliphatic heterocycles. The molecule has 2 heterocycles. The third-order valence-electron chi connectivity index (χ3n) is 5.09. The minimum Gasteiger partial charge on any atom is -0.457 e. The number of carbonyl (C=O) groups excluding carboxylic acids is 1. The molecular weight excluding hydrogens is 440 g/mol. The van der Waals surface area contributed by atoms with Crippen molar-refractivity contribution in [1.29, 1.82) is 0 Å². The number of para-hydroxylation sites is 2. The van der Waals surface area contributed by atoms with Crippen LogP contribution in [-0.4, -0.2) is 25.9 Å². The van der Waals surface area contributed by atoms with Crippen molar-refractivity contribution in [2.24, 2.45) is 0 Å². The van der Waals surface area contributed by atoms with Gasteiger partial charge >= 0.3 is 0 Å². The van der Waals surface area contributed by atoms with E-state index in [0.717, 1.165) is 22.7 Å². The van der Waals surface area contributed by atoms with Gasteiger partial charge in [0, 0.05) is 11.9 Å². The number of rotatable bonds is 8. The van der Waals surface area contributed by atoms with Crippen molar-refractivity contribution in [3.8, 4) is 11.5 Å². The second kappa shape index (κ2) is 10.3. The first-order valence-electron chi connectivity index (χ1n) is 11.0. The third kappa shape index (κ3) is 5.69. The van der Waals surface area contributed by atoms with Gasteiger partial charge in [-0.2, -0.15) is 0 Å². The number of carbonyl (C=O) groups is 1. The Balaban J connectivity index is 1.25. The van der Waals surface area contributed by atoms with E-state index >= 15 is 0 Å². The molecule has 172 valence electrons. The summed E-state index contributed by atoms with van der Waals surface area (Å²) in [5.74, 6) is 1.65. The van der Waals surface area contributed by atoms with Crippen LogP contribution >= 0.6 is 0 Å². The molecule has 0 radical (unpaired) electrons. The molecule has 5 aromatic rings. The number of amides is 1. The Labute approximate surface area is 202 Å². The summed E-state index contributed by atoms with van der Waals surface area (Å²) in [4.78, 5) is 17.2. The van der Waals surface area contributed by atoms with Gasteiger partial charge in [-0.25, -0.2) is 9.67 Å². The van der Waals surface area contributed by atoms with Gasteiger partial charge in [-0.3, -0.25) is 4.79 Å². The highest BCUT2D eigenvalue weighted by molar-refractivity contribution is 6.04. The zero-order chi connectivity index (χ0) is 23.9. The lowest BCUT2D eigenvalue weighted by atomic mass is 10.2. The molecule has 0 unspecified atom stereocenters. The Bertz CT molecular complexity index is 1420. The molecule has 8 nitrogen and oxygen atoms in total. The van der Waals surface area contributed by atoms with Crippen molar-refractivity contribution in [1.82, 2.24) is 20.0 Å². The van der Waals surface area contributed by atoms with Crippen LogP contribution in [0.2, 0.25) is 0 Å². The average molecular weight is 463 g/mol. The molecule has 0 spiro atoms. The van der Waals surface area contributed by atoms with E-state index in [-0.39, 0.29) is 11.6 Å². The Morgan fingerprint density at radius 2 is 1.63 bits per heavy atom. The van der Waals surface area contributed by atoms with Gasteiger partial charge in [-0.05, 0) is 54.1 Å². The van der Waals surface area contributed by atoms with Gasteiger partial charge in [-0.1, -0.05) is 53.7 Å². The van der Waals surface area contributed by atoms with Crippen LogP contribution in [0.25, 0.3) is 0 Å². The number of ether oxygens (including phenoxy) is 1. The first-order valence-corrected chi connectivity index (χ1v) is 11.0. The normalized spacial score (nSPS) is 10.5. The van der Waals surface area contributed by atoms with E-state index in [0.29, 0.717) is 18.1 Å². The summed E-state index contributed by atoms with van der Waals surface area (Å²) in [6.45, 7) is 0.444. The number of hydrogen-bond acceptors (Lipinski definition) is 6. The second-order valence-corrected chi connectivity index (χ2v) is 7.71. The van der Waals surface area contributed by atoms with Gasteiger partial charge in [0.25, 0.3) is 5.91 Å². The molecule has 0 atom stereocenters. The number of benzene rings is 3. The molecule has 2 N–H and O–H groups in total. The van der Waals surface area contributed by atoms with E-state index in [2.05, 4.69) is 25.9 Å². The summed E-state index contributed by atoms with van der Waals surface area (Å²) in [7, 11) is 0. The van der Waals surface area contributed by atoms with Crippen molar-refractivity contribution in [2.45, 2.75) is 6.54 Å². The summed E-state index contributed by atoms with van der Waals surface area (Å²) < 4.78 is 7.51. The van der Waals surface area contributed by atoms with E-state index in [1.165, 1.54) is 0 Å². The minimum absolute atomic E-state index is 0.205. The van der Waals surface area contributed by atoms with E-state index in [1.807, 2.05) is 84.9 Å². The van der Waals surface area contributed by atoms with E-state index in [1.54, 1.807) is 29.2 Å². The lowest BCUT2D eigenvalue weighted by molar-refractivity contribution is 0.102. The molecular formula is C27H22N6O2. The van der Waals surface area contributed by atoms with Crippen LogP contribution in [0, 0.1) is 0 Å². The molecule has 0 saturated carbocycles. The molecule has 0 bridgehead atoms. The molecule has 0 aliphatic rings. The van der Waals surface area contributed by atoms with Crippen molar-refractivity contribution in [2.75, 3.05) is 10.6 Å². The van der Waals surface area contributed by atoms with Gasteiger partial charge < -0.3 is 15.4 Å². The highest BCUT2D eigenvalue weighted by Crippen LogP contribution is 2.24. The number of nitrogens with one attached hydrogen (secondary N) is 2. The number of pyridine rings is 1. The van der Waals surface area contributed by atoms with Gasteiger partial charge in [0.1, 0.15) is 11.5 Å². The number of aromatic nitrogens is 4. The molecule has 0 fully saturated rings. The predicted octanol–water partition coefficient (Wildman–Crippen LogP) is 5.51.